The van der Waals surface area contributed by atoms with Crippen LogP contribution in [0.4, 0.5) is 0 Å². The van der Waals surface area contributed by atoms with Crippen LogP contribution in [-0.2, 0) is 35.0 Å². The maximum Gasteiger partial charge on any atom is 0.306 e. The van der Waals surface area contributed by atoms with Gasteiger partial charge >= 0.3 is 11.9 Å². The van der Waals surface area contributed by atoms with E-state index in [1.54, 1.807) is 31.2 Å². The van der Waals surface area contributed by atoms with Crippen molar-refractivity contribution >= 4 is 11.9 Å². The molecule has 27 heavy (non-hydrogen) atoms. The molecule has 2 rings (SSSR count). The van der Waals surface area contributed by atoms with Crippen LogP contribution in [0.3, 0.4) is 0 Å². The second kappa shape index (κ2) is 11.6. The fourth-order valence-corrected chi connectivity index (χ4v) is 2.62. The molecule has 0 aromatic heterocycles. The Kier molecular flexibility index (Phi) is 9.07. The van der Waals surface area contributed by atoms with E-state index in [4.69, 9.17) is 18.9 Å². The first-order valence-electron chi connectivity index (χ1n) is 9.39. The van der Waals surface area contributed by atoms with Gasteiger partial charge in [0, 0.05) is 13.0 Å². The third-order valence-electron chi connectivity index (χ3n) is 4.11. The van der Waals surface area contributed by atoms with Crippen LogP contribution in [0.1, 0.15) is 44.6 Å². The molecule has 0 saturated carbocycles. The molecule has 0 spiro atoms. The summed E-state index contributed by atoms with van der Waals surface area (Å²) >= 11 is 0. The number of aromatic hydroxyl groups is 1. The highest BCUT2D eigenvalue weighted by Crippen LogP contribution is 2.14. The van der Waals surface area contributed by atoms with Gasteiger partial charge in [-0.25, -0.2) is 0 Å². The summed E-state index contributed by atoms with van der Waals surface area (Å²) < 4.78 is 21.4. The molecule has 1 aliphatic rings. The molecule has 2 atom stereocenters. The van der Waals surface area contributed by atoms with Crippen molar-refractivity contribution < 1.29 is 33.6 Å². The summed E-state index contributed by atoms with van der Waals surface area (Å²) in [5, 5.41) is 9.21. The van der Waals surface area contributed by atoms with Gasteiger partial charge in [-0.3, -0.25) is 9.59 Å². The van der Waals surface area contributed by atoms with Gasteiger partial charge in [-0.1, -0.05) is 12.1 Å². The van der Waals surface area contributed by atoms with Crippen molar-refractivity contribution in [2.75, 3.05) is 19.8 Å². The van der Waals surface area contributed by atoms with Gasteiger partial charge in [-0.05, 0) is 43.9 Å². The highest BCUT2D eigenvalue weighted by molar-refractivity contribution is 5.77. The largest absolute Gasteiger partial charge is 0.508 e. The monoisotopic (exact) mass is 380 g/mol. The molecule has 7 heteroatoms. The summed E-state index contributed by atoms with van der Waals surface area (Å²) in [6.07, 6.45) is 2.88. The minimum Gasteiger partial charge on any atom is -0.508 e. The van der Waals surface area contributed by atoms with Crippen molar-refractivity contribution in [3.8, 4) is 5.75 Å². The second-order valence-electron chi connectivity index (χ2n) is 6.57. The van der Waals surface area contributed by atoms with Crippen molar-refractivity contribution in [3.63, 3.8) is 0 Å². The first kappa shape index (κ1) is 21.2. The molecule has 1 N–H and O–H groups in total. The number of phenols is 1. The molecular formula is C20H28O7. The number of phenolic OH excluding ortho intramolecular Hbond substituents is 1. The van der Waals surface area contributed by atoms with E-state index in [-0.39, 0.29) is 38.1 Å². The van der Waals surface area contributed by atoms with Gasteiger partial charge in [0.05, 0.1) is 26.1 Å². The van der Waals surface area contributed by atoms with Gasteiger partial charge in [-0.15, -0.1) is 0 Å². The molecule has 1 fully saturated rings. The predicted molar refractivity (Wildman–Crippen MR) is 97.1 cm³/mol. The Morgan fingerprint density at radius 2 is 1.93 bits per heavy atom. The van der Waals surface area contributed by atoms with E-state index in [9.17, 15) is 14.7 Å². The van der Waals surface area contributed by atoms with Gasteiger partial charge in [0.2, 0.25) is 0 Å². The zero-order chi connectivity index (χ0) is 19.5. The zero-order valence-electron chi connectivity index (χ0n) is 15.7. The molecule has 150 valence electrons. The fourth-order valence-electron chi connectivity index (χ4n) is 2.62. The average Bonchev–Trinajstić information content (AvgIpc) is 2.67. The molecule has 1 heterocycles. The molecule has 1 aliphatic heterocycles. The van der Waals surface area contributed by atoms with E-state index < -0.39 is 18.0 Å². The second-order valence-corrected chi connectivity index (χ2v) is 6.57. The van der Waals surface area contributed by atoms with Gasteiger partial charge in [0.25, 0.3) is 0 Å². The van der Waals surface area contributed by atoms with E-state index >= 15 is 0 Å². The van der Waals surface area contributed by atoms with Gasteiger partial charge < -0.3 is 24.1 Å². The molecule has 1 aromatic rings. The van der Waals surface area contributed by atoms with Crippen LogP contribution in [0.25, 0.3) is 0 Å². The Morgan fingerprint density at radius 1 is 1.19 bits per heavy atom. The number of hydrogen-bond donors (Lipinski definition) is 1. The smallest absolute Gasteiger partial charge is 0.306 e. The van der Waals surface area contributed by atoms with E-state index in [1.807, 2.05) is 0 Å². The third-order valence-corrected chi connectivity index (χ3v) is 4.11. The molecule has 1 aromatic carbocycles. The van der Waals surface area contributed by atoms with E-state index in [1.165, 1.54) is 0 Å². The highest BCUT2D eigenvalue weighted by atomic mass is 16.7. The van der Waals surface area contributed by atoms with Crippen molar-refractivity contribution in [2.24, 2.45) is 0 Å². The van der Waals surface area contributed by atoms with Gasteiger partial charge in [-0.2, -0.15) is 0 Å². The van der Waals surface area contributed by atoms with E-state index in [0.717, 1.165) is 24.8 Å². The Labute approximate surface area is 159 Å². The number of carbonyl (C=O) groups is 2. The van der Waals surface area contributed by atoms with Crippen molar-refractivity contribution in [2.45, 2.75) is 57.8 Å². The Morgan fingerprint density at radius 3 is 2.63 bits per heavy atom. The van der Waals surface area contributed by atoms with Crippen LogP contribution in [-0.4, -0.2) is 49.3 Å². The number of esters is 2. The summed E-state index contributed by atoms with van der Waals surface area (Å²) in [5.74, 6) is -0.698. The molecular weight excluding hydrogens is 352 g/mol. The maximum absolute atomic E-state index is 11.8. The molecule has 1 saturated heterocycles. The van der Waals surface area contributed by atoms with Crippen LogP contribution in [0.5, 0.6) is 5.75 Å². The van der Waals surface area contributed by atoms with Gasteiger partial charge in [0.15, 0.2) is 6.29 Å². The van der Waals surface area contributed by atoms with Crippen molar-refractivity contribution in [3.05, 3.63) is 29.8 Å². The standard InChI is InChI=1S/C20H28O7/c1-15(14-26-20-4-2-3-12-25-20)27-19(23)10-9-18(22)24-13-11-16-5-7-17(21)8-6-16/h5-8,15,20-21H,2-4,9-14H2,1H3/t15-,20?/m0/s1. The SMILES string of the molecule is C[C@@H](COC1CCCCO1)OC(=O)CCC(=O)OCCc1ccc(O)cc1. The lowest BCUT2D eigenvalue weighted by atomic mass is 10.1. The van der Waals surface area contributed by atoms with E-state index in [2.05, 4.69) is 0 Å². The number of rotatable bonds is 10. The van der Waals surface area contributed by atoms with Crippen LogP contribution in [0.2, 0.25) is 0 Å². The number of carbonyl (C=O) groups excluding carboxylic acids is 2. The summed E-state index contributed by atoms with van der Waals surface area (Å²) in [7, 11) is 0. The molecule has 0 aliphatic carbocycles. The zero-order valence-corrected chi connectivity index (χ0v) is 15.7. The molecule has 7 nitrogen and oxygen atoms in total. The third kappa shape index (κ3) is 8.88. The Bertz CT molecular complexity index is 578. The lowest BCUT2D eigenvalue weighted by Gasteiger charge is -2.24. The molecule has 1 unspecified atom stereocenters. The first-order valence-corrected chi connectivity index (χ1v) is 9.39. The van der Waals surface area contributed by atoms with Crippen LogP contribution >= 0.6 is 0 Å². The van der Waals surface area contributed by atoms with E-state index in [0.29, 0.717) is 13.0 Å². The predicted octanol–water partition coefficient (Wildman–Crippen LogP) is 2.73. The first-order chi connectivity index (χ1) is 13.0. The maximum atomic E-state index is 11.8. The number of hydrogen-bond acceptors (Lipinski definition) is 7. The molecule has 0 radical (unpaired) electrons. The topological polar surface area (TPSA) is 91.3 Å². The van der Waals surface area contributed by atoms with Crippen LogP contribution in [0.15, 0.2) is 24.3 Å². The lowest BCUT2D eigenvalue weighted by Crippen LogP contribution is -2.28. The lowest BCUT2D eigenvalue weighted by molar-refractivity contribution is -0.183. The molecule has 0 bridgehead atoms. The van der Waals surface area contributed by atoms with Crippen LogP contribution in [0, 0.1) is 0 Å². The average molecular weight is 380 g/mol. The summed E-state index contributed by atoms with van der Waals surface area (Å²) in [6, 6.07) is 6.70. The minimum absolute atomic E-state index is 0.0201. The summed E-state index contributed by atoms with van der Waals surface area (Å²) in [4.78, 5) is 23.5. The number of ether oxygens (including phenoxy) is 4. The van der Waals surface area contributed by atoms with Crippen molar-refractivity contribution in [1.29, 1.82) is 0 Å². The minimum atomic E-state index is -0.453. The summed E-state index contributed by atoms with van der Waals surface area (Å²) in [5.41, 5.74) is 0.954. The van der Waals surface area contributed by atoms with Crippen LogP contribution < -0.4 is 0 Å². The summed E-state index contributed by atoms with van der Waals surface area (Å²) in [6.45, 7) is 2.95. The Hall–Kier alpha value is -2.12. The highest BCUT2D eigenvalue weighted by Gasteiger charge is 2.17. The number of benzene rings is 1. The van der Waals surface area contributed by atoms with Gasteiger partial charge in [0.1, 0.15) is 11.9 Å². The normalized spacial score (nSPS) is 17.9. The quantitative estimate of drug-likeness (QED) is 0.624. The molecule has 0 amide bonds. The Balaban J connectivity index is 1.53. The van der Waals surface area contributed by atoms with Crippen molar-refractivity contribution in [1.82, 2.24) is 0 Å². The fraction of sp³-hybridized carbons (Fsp3) is 0.600.